The first-order valence-corrected chi connectivity index (χ1v) is 7.70. The number of aryl methyl sites for hydroxylation is 1. The van der Waals surface area contributed by atoms with Crippen LogP contribution >= 0.6 is 0 Å². The molecule has 2 bridgehead atoms. The first-order chi connectivity index (χ1) is 8.95. The fraction of sp³-hybridized carbons (Fsp3) is 0.667. The van der Waals surface area contributed by atoms with Gasteiger partial charge in [0, 0.05) is 0 Å². The molecule has 3 rings (SSSR count). The number of fused-ring (bicyclic) bond motifs is 2. The first kappa shape index (κ1) is 13.2. The van der Waals surface area contributed by atoms with Crippen molar-refractivity contribution in [3.63, 3.8) is 0 Å². The molecule has 0 amide bonds. The van der Waals surface area contributed by atoms with Gasteiger partial charge < -0.3 is 4.74 Å². The average molecular weight is 258 g/mol. The molecule has 2 fully saturated rings. The van der Waals surface area contributed by atoms with Gasteiger partial charge in [0.2, 0.25) is 0 Å². The molecule has 2 aliphatic heterocycles. The van der Waals surface area contributed by atoms with E-state index in [2.05, 4.69) is 52.0 Å². The Bertz CT molecular complexity index is 478. The van der Waals surface area contributed by atoms with Crippen molar-refractivity contribution in [2.24, 2.45) is 11.8 Å². The molecule has 1 nitrogen and oxygen atoms in total. The molecule has 2 heterocycles. The van der Waals surface area contributed by atoms with Crippen LogP contribution in [0.1, 0.15) is 51.2 Å². The highest BCUT2D eigenvalue weighted by Crippen LogP contribution is 2.57. The molecule has 2 saturated heterocycles. The molecule has 0 aromatic heterocycles. The molecule has 3 atom stereocenters. The molecule has 0 saturated carbocycles. The summed E-state index contributed by atoms with van der Waals surface area (Å²) in [5.74, 6) is 1.32. The van der Waals surface area contributed by atoms with E-state index in [1.807, 2.05) is 0 Å². The second kappa shape index (κ2) is 4.34. The summed E-state index contributed by atoms with van der Waals surface area (Å²) in [7, 11) is 0. The van der Waals surface area contributed by atoms with Crippen LogP contribution < -0.4 is 0 Å². The third-order valence-corrected chi connectivity index (χ3v) is 5.72. The van der Waals surface area contributed by atoms with Crippen molar-refractivity contribution in [3.8, 4) is 0 Å². The zero-order valence-corrected chi connectivity index (χ0v) is 12.7. The highest BCUT2D eigenvalue weighted by Gasteiger charge is 2.59. The molecule has 1 aromatic rings. The standard InChI is InChI=1S/C18H26O/c1-13(2)18-10-9-17(4,19-18)16(12-18)11-15-8-6-5-7-14(15)3/h5-8,13,16H,9-12H2,1-4H3. The minimum Gasteiger partial charge on any atom is -0.368 e. The molecule has 0 aliphatic carbocycles. The Kier molecular flexibility index (Phi) is 3.01. The summed E-state index contributed by atoms with van der Waals surface area (Å²) < 4.78 is 6.53. The van der Waals surface area contributed by atoms with Gasteiger partial charge in [-0.15, -0.1) is 0 Å². The molecular formula is C18H26O. The minimum absolute atomic E-state index is 0.118. The van der Waals surface area contributed by atoms with E-state index in [0.29, 0.717) is 11.8 Å². The van der Waals surface area contributed by atoms with Gasteiger partial charge in [-0.2, -0.15) is 0 Å². The third-order valence-electron chi connectivity index (χ3n) is 5.72. The molecule has 0 N–H and O–H groups in total. The number of rotatable bonds is 3. The number of hydrogen-bond donors (Lipinski definition) is 0. The maximum absolute atomic E-state index is 6.53. The molecule has 19 heavy (non-hydrogen) atoms. The van der Waals surface area contributed by atoms with Crippen LogP contribution in [0.3, 0.4) is 0 Å². The number of ether oxygens (including phenoxy) is 1. The van der Waals surface area contributed by atoms with Crippen molar-refractivity contribution in [1.82, 2.24) is 0 Å². The minimum atomic E-state index is 0.118. The highest BCUT2D eigenvalue weighted by molar-refractivity contribution is 5.27. The second-order valence-corrected chi connectivity index (χ2v) is 7.17. The molecular weight excluding hydrogens is 232 g/mol. The fourth-order valence-corrected chi connectivity index (χ4v) is 4.13. The largest absolute Gasteiger partial charge is 0.368 e. The summed E-state index contributed by atoms with van der Waals surface area (Å²) in [4.78, 5) is 0. The molecule has 104 valence electrons. The zero-order chi connectivity index (χ0) is 13.7. The van der Waals surface area contributed by atoms with Gasteiger partial charge in [0.1, 0.15) is 0 Å². The Morgan fingerprint density at radius 3 is 2.63 bits per heavy atom. The van der Waals surface area contributed by atoms with Gasteiger partial charge in [0.25, 0.3) is 0 Å². The van der Waals surface area contributed by atoms with Gasteiger partial charge in [0.05, 0.1) is 11.2 Å². The van der Waals surface area contributed by atoms with Crippen molar-refractivity contribution in [3.05, 3.63) is 35.4 Å². The highest BCUT2D eigenvalue weighted by atomic mass is 16.5. The van der Waals surface area contributed by atoms with Crippen LogP contribution in [0.2, 0.25) is 0 Å². The average Bonchev–Trinajstić information content (AvgIpc) is 2.84. The zero-order valence-electron chi connectivity index (χ0n) is 12.7. The van der Waals surface area contributed by atoms with Crippen molar-refractivity contribution in [2.75, 3.05) is 0 Å². The van der Waals surface area contributed by atoms with Crippen LogP contribution in [0.15, 0.2) is 24.3 Å². The predicted molar refractivity (Wildman–Crippen MR) is 79.3 cm³/mol. The first-order valence-electron chi connectivity index (χ1n) is 7.70. The van der Waals surface area contributed by atoms with Gasteiger partial charge in [0.15, 0.2) is 0 Å². The van der Waals surface area contributed by atoms with E-state index in [1.54, 1.807) is 0 Å². The molecule has 1 heteroatoms. The van der Waals surface area contributed by atoms with E-state index in [0.717, 1.165) is 0 Å². The Balaban J connectivity index is 1.83. The van der Waals surface area contributed by atoms with Crippen molar-refractivity contribution < 1.29 is 4.74 Å². The lowest BCUT2D eigenvalue weighted by Gasteiger charge is -2.32. The molecule has 2 aliphatic rings. The van der Waals surface area contributed by atoms with Crippen molar-refractivity contribution in [2.45, 2.75) is 64.6 Å². The Labute approximate surface area is 117 Å². The van der Waals surface area contributed by atoms with Gasteiger partial charge in [-0.3, -0.25) is 0 Å². The quantitative estimate of drug-likeness (QED) is 0.774. The van der Waals surface area contributed by atoms with E-state index in [1.165, 1.54) is 36.8 Å². The van der Waals surface area contributed by atoms with E-state index in [-0.39, 0.29) is 11.2 Å². The summed E-state index contributed by atoms with van der Waals surface area (Å²) in [6.07, 6.45) is 4.92. The summed E-state index contributed by atoms with van der Waals surface area (Å²) in [6, 6.07) is 8.81. The lowest BCUT2D eigenvalue weighted by atomic mass is 9.69. The lowest BCUT2D eigenvalue weighted by Crippen LogP contribution is -2.34. The van der Waals surface area contributed by atoms with Crippen LogP contribution in [0.4, 0.5) is 0 Å². The molecule has 0 spiro atoms. The van der Waals surface area contributed by atoms with Crippen molar-refractivity contribution in [1.29, 1.82) is 0 Å². The molecule has 0 radical (unpaired) electrons. The van der Waals surface area contributed by atoms with Crippen LogP contribution in [0.25, 0.3) is 0 Å². The normalized spacial score (nSPS) is 37.2. The van der Waals surface area contributed by atoms with Crippen LogP contribution in [0, 0.1) is 18.8 Å². The topological polar surface area (TPSA) is 9.23 Å². The van der Waals surface area contributed by atoms with E-state index in [9.17, 15) is 0 Å². The van der Waals surface area contributed by atoms with E-state index in [4.69, 9.17) is 4.74 Å². The maximum Gasteiger partial charge on any atom is 0.0717 e. The summed E-state index contributed by atoms with van der Waals surface area (Å²) in [5.41, 5.74) is 3.21. The lowest BCUT2D eigenvalue weighted by molar-refractivity contribution is -0.0695. The van der Waals surface area contributed by atoms with Crippen LogP contribution in [-0.2, 0) is 11.2 Å². The van der Waals surface area contributed by atoms with Gasteiger partial charge in [-0.1, -0.05) is 38.1 Å². The Morgan fingerprint density at radius 1 is 1.26 bits per heavy atom. The number of hydrogen-bond acceptors (Lipinski definition) is 1. The SMILES string of the molecule is Cc1ccccc1CC1CC2(C(C)C)CCC1(C)O2. The third kappa shape index (κ3) is 2.03. The van der Waals surface area contributed by atoms with Crippen LogP contribution in [-0.4, -0.2) is 11.2 Å². The molecule has 1 aromatic carbocycles. The Morgan fingerprint density at radius 2 is 2.00 bits per heavy atom. The van der Waals surface area contributed by atoms with Gasteiger partial charge >= 0.3 is 0 Å². The monoisotopic (exact) mass is 258 g/mol. The summed E-state index contributed by atoms with van der Waals surface area (Å²) in [5, 5.41) is 0. The van der Waals surface area contributed by atoms with Gasteiger partial charge in [-0.05, 0) is 62.5 Å². The summed E-state index contributed by atoms with van der Waals surface area (Å²) >= 11 is 0. The summed E-state index contributed by atoms with van der Waals surface area (Å²) in [6.45, 7) is 9.21. The smallest absolute Gasteiger partial charge is 0.0717 e. The van der Waals surface area contributed by atoms with Crippen molar-refractivity contribution >= 4 is 0 Å². The van der Waals surface area contributed by atoms with E-state index >= 15 is 0 Å². The van der Waals surface area contributed by atoms with Crippen LogP contribution in [0.5, 0.6) is 0 Å². The second-order valence-electron chi connectivity index (χ2n) is 7.17. The number of benzene rings is 1. The van der Waals surface area contributed by atoms with Gasteiger partial charge in [-0.25, -0.2) is 0 Å². The Hall–Kier alpha value is -0.820. The fourth-order valence-electron chi connectivity index (χ4n) is 4.13. The maximum atomic E-state index is 6.53. The van der Waals surface area contributed by atoms with E-state index < -0.39 is 0 Å². The molecule has 3 unspecified atom stereocenters. The predicted octanol–water partition coefficient (Wildman–Crippen LogP) is 4.52.